The van der Waals surface area contributed by atoms with Gasteiger partial charge in [0.05, 0.1) is 4.90 Å². The summed E-state index contributed by atoms with van der Waals surface area (Å²) in [6.07, 6.45) is 5.46. The van der Waals surface area contributed by atoms with E-state index < -0.39 is 10.0 Å². The number of rotatable bonds is 3. The van der Waals surface area contributed by atoms with Crippen molar-refractivity contribution in [3.63, 3.8) is 0 Å². The Morgan fingerprint density at radius 2 is 2.07 bits per heavy atom. The fraction of sp³-hybridized carbons (Fsp3) is 0.111. The van der Waals surface area contributed by atoms with Crippen LogP contribution in [0.15, 0.2) is 29.2 Å². The van der Waals surface area contributed by atoms with Gasteiger partial charge in [0.25, 0.3) is 0 Å². The lowest BCUT2D eigenvalue weighted by atomic mass is 10.2. The summed E-state index contributed by atoms with van der Waals surface area (Å²) in [7, 11) is -3.41. The highest BCUT2D eigenvalue weighted by Gasteiger charge is 2.15. The summed E-state index contributed by atoms with van der Waals surface area (Å²) >= 11 is 1.59. The maximum atomic E-state index is 11.5. The van der Waals surface area contributed by atoms with Crippen LogP contribution in [0.4, 0.5) is 0 Å². The molecule has 1 aromatic rings. The third kappa shape index (κ3) is 2.47. The van der Waals surface area contributed by atoms with Gasteiger partial charge in [-0.1, -0.05) is 18.2 Å². The van der Waals surface area contributed by atoms with Crippen LogP contribution in [0, 0.1) is 12.3 Å². The molecule has 14 heavy (non-hydrogen) atoms. The van der Waals surface area contributed by atoms with Crippen LogP contribution >= 0.6 is 22.9 Å². The minimum atomic E-state index is -3.41. The third-order valence-corrected chi connectivity index (χ3v) is 4.58. The fourth-order valence-electron chi connectivity index (χ4n) is 1.06. The highest BCUT2D eigenvalue weighted by Crippen LogP contribution is 2.16. The normalized spacial score (nSPS) is 10.9. The van der Waals surface area contributed by atoms with Gasteiger partial charge in [-0.2, -0.15) is 2.94 Å². The van der Waals surface area contributed by atoms with E-state index in [-0.39, 0.29) is 4.90 Å². The molecule has 1 rings (SSSR count). The molecule has 0 aliphatic carbocycles. The molecule has 0 bridgehead atoms. The van der Waals surface area contributed by atoms with Crippen LogP contribution in [0.2, 0.25) is 0 Å². The molecule has 0 saturated carbocycles. The lowest BCUT2D eigenvalue weighted by molar-refractivity contribution is 0.595. The van der Waals surface area contributed by atoms with Gasteiger partial charge in [-0.3, -0.25) is 0 Å². The Morgan fingerprint density at radius 1 is 1.43 bits per heavy atom. The van der Waals surface area contributed by atoms with Crippen LogP contribution in [0.3, 0.4) is 0 Å². The minimum Gasteiger partial charge on any atom is -0.206 e. The second kappa shape index (κ2) is 4.77. The van der Waals surface area contributed by atoms with Gasteiger partial charge in [-0.05, 0) is 11.6 Å². The smallest absolute Gasteiger partial charge is 0.206 e. The van der Waals surface area contributed by atoms with E-state index in [0.29, 0.717) is 12.0 Å². The van der Waals surface area contributed by atoms with Crippen molar-refractivity contribution in [2.75, 3.05) is 0 Å². The van der Waals surface area contributed by atoms with E-state index in [9.17, 15) is 8.42 Å². The van der Waals surface area contributed by atoms with Crippen molar-refractivity contribution in [1.82, 2.24) is 2.94 Å². The lowest BCUT2D eigenvalue weighted by Gasteiger charge is -2.05. The molecule has 1 aromatic carbocycles. The van der Waals surface area contributed by atoms with Crippen LogP contribution in [0.5, 0.6) is 0 Å². The number of halogens is 1. The second-order valence-electron chi connectivity index (χ2n) is 2.57. The van der Waals surface area contributed by atoms with Crippen LogP contribution in [-0.4, -0.2) is 8.42 Å². The summed E-state index contributed by atoms with van der Waals surface area (Å²) in [6, 6.07) is 6.67. The molecule has 0 radical (unpaired) electrons. The highest BCUT2D eigenvalue weighted by atomic mass is 127. The molecule has 74 valence electrons. The Hall–Kier alpha value is -0.580. The first-order valence-electron chi connectivity index (χ1n) is 3.75. The third-order valence-electron chi connectivity index (χ3n) is 1.66. The van der Waals surface area contributed by atoms with Crippen molar-refractivity contribution >= 4 is 32.9 Å². The first-order chi connectivity index (χ1) is 6.61. The number of nitrogens with one attached hydrogen (secondary N) is 1. The van der Waals surface area contributed by atoms with Crippen molar-refractivity contribution in [3.8, 4) is 12.3 Å². The number of hydrogen-bond donors (Lipinski definition) is 1. The van der Waals surface area contributed by atoms with Crippen molar-refractivity contribution < 1.29 is 8.42 Å². The van der Waals surface area contributed by atoms with E-state index in [1.165, 1.54) is 6.07 Å². The van der Waals surface area contributed by atoms with E-state index in [4.69, 9.17) is 6.42 Å². The predicted octanol–water partition coefficient (Wildman–Crippen LogP) is 1.49. The molecule has 1 N–H and O–H groups in total. The van der Waals surface area contributed by atoms with Gasteiger partial charge in [-0.25, -0.2) is 8.42 Å². The largest absolute Gasteiger partial charge is 0.249 e. The van der Waals surface area contributed by atoms with Crippen molar-refractivity contribution in [2.24, 2.45) is 0 Å². The molecule has 0 aliphatic rings. The molecule has 0 fully saturated rings. The SMILES string of the molecule is C#CCc1ccccc1S(=O)(=O)NI. The Bertz CT molecular complexity index is 462. The molecule has 0 spiro atoms. The number of terminal acetylenes is 1. The summed E-state index contributed by atoms with van der Waals surface area (Å²) in [4.78, 5) is 0.243. The number of sulfonamides is 1. The van der Waals surface area contributed by atoms with Gasteiger partial charge in [-0.15, -0.1) is 12.3 Å². The Labute approximate surface area is 97.5 Å². The number of hydrogen-bond acceptors (Lipinski definition) is 2. The molecule has 0 unspecified atom stereocenters. The summed E-state index contributed by atoms with van der Waals surface area (Å²) in [5, 5.41) is 0. The highest BCUT2D eigenvalue weighted by molar-refractivity contribution is 14.1. The summed E-state index contributed by atoms with van der Waals surface area (Å²) < 4.78 is 25.2. The molecule has 0 heterocycles. The Kier molecular flexibility index (Phi) is 3.92. The van der Waals surface area contributed by atoms with Gasteiger partial charge in [0.1, 0.15) is 0 Å². The Morgan fingerprint density at radius 3 is 2.64 bits per heavy atom. The maximum Gasteiger partial charge on any atom is 0.249 e. The van der Waals surface area contributed by atoms with Gasteiger partial charge in [0.2, 0.25) is 10.0 Å². The fourth-order valence-corrected chi connectivity index (χ4v) is 2.60. The second-order valence-corrected chi connectivity index (χ2v) is 5.49. The molecular formula is C9H8INO2S. The summed E-state index contributed by atoms with van der Waals surface area (Å²) in [5.41, 5.74) is 0.638. The van der Waals surface area contributed by atoms with E-state index in [0.717, 1.165) is 0 Å². The Balaban J connectivity index is 3.29. The molecule has 0 atom stereocenters. The molecule has 5 heteroatoms. The van der Waals surface area contributed by atoms with Crippen molar-refractivity contribution in [2.45, 2.75) is 11.3 Å². The van der Waals surface area contributed by atoms with Crippen LogP contribution in [0.1, 0.15) is 5.56 Å². The lowest BCUT2D eigenvalue weighted by Crippen LogP contribution is -2.14. The summed E-state index contributed by atoms with van der Waals surface area (Å²) in [5.74, 6) is 2.43. The topological polar surface area (TPSA) is 46.2 Å². The quantitative estimate of drug-likeness (QED) is 0.521. The first kappa shape index (κ1) is 11.5. The van der Waals surface area contributed by atoms with Gasteiger partial charge in [0.15, 0.2) is 0 Å². The average molecular weight is 321 g/mol. The van der Waals surface area contributed by atoms with Crippen LogP contribution in [0.25, 0.3) is 0 Å². The van der Waals surface area contributed by atoms with Gasteiger partial charge >= 0.3 is 0 Å². The molecule has 3 nitrogen and oxygen atoms in total. The molecule has 0 amide bonds. The zero-order valence-electron chi connectivity index (χ0n) is 7.20. The first-order valence-corrected chi connectivity index (χ1v) is 6.32. The minimum absolute atomic E-state index is 0.243. The van der Waals surface area contributed by atoms with Crippen LogP contribution in [-0.2, 0) is 16.4 Å². The summed E-state index contributed by atoms with van der Waals surface area (Å²) in [6.45, 7) is 0. The van der Waals surface area contributed by atoms with E-state index >= 15 is 0 Å². The standard InChI is InChI=1S/C9H8INO2S/c1-2-5-8-6-3-4-7-9(8)14(12,13)11-10/h1,3-4,6-7,11H,5H2. The molecule has 0 aromatic heterocycles. The molecule has 0 aliphatic heterocycles. The van der Waals surface area contributed by atoms with Crippen molar-refractivity contribution in [3.05, 3.63) is 29.8 Å². The zero-order chi connectivity index (χ0) is 10.6. The molecular weight excluding hydrogens is 313 g/mol. The van der Waals surface area contributed by atoms with Gasteiger partial charge < -0.3 is 0 Å². The molecule has 0 saturated heterocycles. The maximum absolute atomic E-state index is 11.5. The van der Waals surface area contributed by atoms with E-state index in [1.807, 2.05) is 0 Å². The monoisotopic (exact) mass is 321 g/mol. The van der Waals surface area contributed by atoms with Crippen LogP contribution < -0.4 is 2.94 Å². The van der Waals surface area contributed by atoms with Crippen molar-refractivity contribution in [1.29, 1.82) is 0 Å². The van der Waals surface area contributed by atoms with E-state index in [1.54, 1.807) is 41.1 Å². The average Bonchev–Trinajstić information content (AvgIpc) is 2.19. The number of benzene rings is 1. The van der Waals surface area contributed by atoms with Gasteiger partial charge in [0, 0.05) is 29.3 Å². The van der Waals surface area contributed by atoms with E-state index in [2.05, 4.69) is 8.86 Å². The zero-order valence-corrected chi connectivity index (χ0v) is 10.2. The predicted molar refractivity (Wildman–Crippen MR) is 63.3 cm³/mol.